The molecule has 33 heavy (non-hydrogen) atoms. The van der Waals surface area contributed by atoms with E-state index in [1.165, 1.54) is 24.3 Å². The van der Waals surface area contributed by atoms with Gasteiger partial charge in [0.2, 0.25) is 0 Å². The number of aryl methyl sites for hydroxylation is 2. The van der Waals surface area contributed by atoms with Crippen molar-refractivity contribution >= 4 is 37.6 Å². The lowest BCUT2D eigenvalue weighted by atomic mass is 9.85. The van der Waals surface area contributed by atoms with Crippen molar-refractivity contribution in [1.29, 1.82) is 0 Å². The monoisotopic (exact) mass is 493 g/mol. The van der Waals surface area contributed by atoms with Gasteiger partial charge >= 0.3 is 0 Å². The predicted molar refractivity (Wildman–Crippen MR) is 128 cm³/mol. The molecule has 1 aromatic heterocycles. The molecule has 1 atom stereocenters. The standard InChI is InChI=1S/C22H27N3O6S2/c1-13-11-20(25-22(5)9-8-18(12-15(22)3)33(29,30)31)24-21(16(13)4)23-19-7-6-17(10-14(19)2)32(26,27)28/h6-8,10-12H,9H2,1-5H3,(H2,23,24,25)(H,26,27,28)(H,29,30,31). The largest absolute Gasteiger partial charge is 0.361 e. The molecule has 0 fully saturated rings. The third-order valence-electron chi connectivity index (χ3n) is 5.92. The Labute approximate surface area is 194 Å². The third-order valence-corrected chi connectivity index (χ3v) is 7.65. The Morgan fingerprint density at radius 2 is 1.64 bits per heavy atom. The summed E-state index contributed by atoms with van der Waals surface area (Å²) >= 11 is 0. The van der Waals surface area contributed by atoms with Crippen molar-refractivity contribution in [1.82, 2.24) is 4.98 Å². The highest BCUT2D eigenvalue weighted by atomic mass is 32.2. The van der Waals surface area contributed by atoms with Crippen LogP contribution in [0.4, 0.5) is 17.3 Å². The fourth-order valence-electron chi connectivity index (χ4n) is 3.50. The molecule has 3 rings (SSSR count). The SMILES string of the molecule is CC1=CC(S(=O)(=O)O)=CCC1(C)Nc1cc(C)c(C)c(Nc2ccc(S(=O)(=O)O)cc2C)n1. The van der Waals surface area contributed by atoms with Gasteiger partial charge in [0.05, 0.1) is 15.3 Å². The van der Waals surface area contributed by atoms with Gasteiger partial charge in [0.1, 0.15) is 11.6 Å². The second-order valence-corrected chi connectivity index (χ2v) is 11.3. The number of benzene rings is 1. The zero-order valence-electron chi connectivity index (χ0n) is 19.0. The molecule has 11 heteroatoms. The van der Waals surface area contributed by atoms with Crippen molar-refractivity contribution < 1.29 is 25.9 Å². The Hall–Kier alpha value is -2.73. The number of hydrogen-bond donors (Lipinski definition) is 4. The summed E-state index contributed by atoms with van der Waals surface area (Å²) in [5.41, 5.74) is 3.21. The molecule has 0 aliphatic heterocycles. The Kier molecular flexibility index (Phi) is 6.46. The molecule has 1 aliphatic carbocycles. The second kappa shape index (κ2) is 8.56. The van der Waals surface area contributed by atoms with Crippen molar-refractivity contribution in [2.75, 3.05) is 10.6 Å². The van der Waals surface area contributed by atoms with Gasteiger partial charge in [0.15, 0.2) is 0 Å². The molecule has 0 spiro atoms. The molecule has 2 aromatic rings. The highest BCUT2D eigenvalue weighted by Gasteiger charge is 2.31. The molecular weight excluding hydrogens is 466 g/mol. The Bertz CT molecular complexity index is 1400. The second-order valence-electron chi connectivity index (χ2n) is 8.44. The van der Waals surface area contributed by atoms with Crippen molar-refractivity contribution in [3.05, 3.63) is 63.6 Å². The number of aromatic nitrogens is 1. The van der Waals surface area contributed by atoms with Gasteiger partial charge in [0, 0.05) is 5.69 Å². The van der Waals surface area contributed by atoms with Crippen LogP contribution in [0.2, 0.25) is 0 Å². The molecule has 0 bridgehead atoms. The number of rotatable bonds is 6. The maximum atomic E-state index is 11.5. The molecule has 1 unspecified atom stereocenters. The van der Waals surface area contributed by atoms with E-state index in [-0.39, 0.29) is 9.80 Å². The Morgan fingerprint density at radius 3 is 2.18 bits per heavy atom. The summed E-state index contributed by atoms with van der Waals surface area (Å²) in [5, 5.41) is 6.59. The first-order valence-electron chi connectivity index (χ1n) is 10.1. The van der Waals surface area contributed by atoms with E-state index >= 15 is 0 Å². The van der Waals surface area contributed by atoms with Crippen LogP contribution in [0.1, 0.15) is 37.0 Å². The molecule has 4 N–H and O–H groups in total. The summed E-state index contributed by atoms with van der Waals surface area (Å²) in [6, 6.07) is 6.13. The van der Waals surface area contributed by atoms with Crippen molar-refractivity contribution in [3.8, 4) is 0 Å². The van der Waals surface area contributed by atoms with E-state index in [4.69, 9.17) is 0 Å². The third kappa shape index (κ3) is 5.44. The van der Waals surface area contributed by atoms with Gasteiger partial charge in [-0.2, -0.15) is 16.8 Å². The summed E-state index contributed by atoms with van der Waals surface area (Å²) in [6.07, 6.45) is 3.24. The van der Waals surface area contributed by atoms with Gasteiger partial charge in [-0.3, -0.25) is 9.11 Å². The summed E-state index contributed by atoms with van der Waals surface area (Å²) in [6.45, 7) is 9.26. The van der Waals surface area contributed by atoms with Crippen LogP contribution in [0.15, 0.2) is 51.8 Å². The summed E-state index contributed by atoms with van der Waals surface area (Å²) in [4.78, 5) is 4.36. The first kappa shape index (κ1) is 24.9. The minimum Gasteiger partial charge on any atom is -0.361 e. The van der Waals surface area contributed by atoms with Gasteiger partial charge in [0.25, 0.3) is 20.2 Å². The molecule has 0 amide bonds. The van der Waals surface area contributed by atoms with Crippen molar-refractivity contribution in [2.45, 2.75) is 51.5 Å². The fraction of sp³-hybridized carbons (Fsp3) is 0.318. The number of nitrogens with zero attached hydrogens (tertiary/aromatic N) is 1. The van der Waals surface area contributed by atoms with Crippen LogP contribution in [0, 0.1) is 20.8 Å². The van der Waals surface area contributed by atoms with Crippen LogP contribution in [0.25, 0.3) is 0 Å². The fourth-order valence-corrected chi connectivity index (χ4v) is 4.68. The van der Waals surface area contributed by atoms with Crippen molar-refractivity contribution in [2.24, 2.45) is 0 Å². The minimum absolute atomic E-state index is 0.126. The molecular formula is C22H27N3O6S2. The Morgan fingerprint density at radius 1 is 0.970 bits per heavy atom. The van der Waals surface area contributed by atoms with Gasteiger partial charge in [-0.15, -0.1) is 0 Å². The van der Waals surface area contributed by atoms with Gasteiger partial charge in [-0.25, -0.2) is 4.98 Å². The molecule has 9 nitrogen and oxygen atoms in total. The van der Waals surface area contributed by atoms with Crippen molar-refractivity contribution in [3.63, 3.8) is 0 Å². The molecule has 1 heterocycles. The molecule has 0 saturated carbocycles. The summed E-state index contributed by atoms with van der Waals surface area (Å²) in [5.74, 6) is 1.13. The van der Waals surface area contributed by atoms with E-state index in [2.05, 4.69) is 15.6 Å². The van der Waals surface area contributed by atoms with Crippen LogP contribution in [0.5, 0.6) is 0 Å². The van der Waals surface area contributed by atoms with Gasteiger partial charge < -0.3 is 10.6 Å². The van der Waals surface area contributed by atoms with E-state index in [0.717, 1.165) is 16.7 Å². The normalized spacial score (nSPS) is 19.0. The minimum atomic E-state index is -4.29. The highest BCUT2D eigenvalue weighted by Crippen LogP contribution is 2.34. The molecule has 0 saturated heterocycles. The lowest BCUT2D eigenvalue weighted by Crippen LogP contribution is -2.38. The van der Waals surface area contributed by atoms with Crippen LogP contribution in [-0.2, 0) is 20.2 Å². The molecule has 178 valence electrons. The van der Waals surface area contributed by atoms with Crippen LogP contribution < -0.4 is 10.6 Å². The van der Waals surface area contributed by atoms with E-state index < -0.39 is 25.8 Å². The number of anilines is 3. The quantitative estimate of drug-likeness (QED) is 0.433. The topological polar surface area (TPSA) is 146 Å². The Balaban J connectivity index is 1.92. The number of hydrogen-bond acceptors (Lipinski definition) is 7. The number of nitrogens with one attached hydrogen (secondary N) is 2. The van der Waals surface area contributed by atoms with E-state index in [9.17, 15) is 25.9 Å². The first-order valence-corrected chi connectivity index (χ1v) is 13.0. The summed E-state index contributed by atoms with van der Waals surface area (Å²) in [7, 11) is -8.57. The molecule has 1 aliphatic rings. The van der Waals surface area contributed by atoms with Gasteiger partial charge in [-0.05, 0) is 93.6 Å². The number of allylic oxidation sites excluding steroid dienone is 1. The average molecular weight is 494 g/mol. The molecule has 0 radical (unpaired) electrons. The lowest BCUT2D eigenvalue weighted by Gasteiger charge is -2.34. The van der Waals surface area contributed by atoms with Crippen LogP contribution in [0.3, 0.4) is 0 Å². The average Bonchev–Trinajstić information content (AvgIpc) is 2.67. The number of pyridine rings is 1. The smallest absolute Gasteiger partial charge is 0.294 e. The van der Waals surface area contributed by atoms with E-state index in [0.29, 0.717) is 29.3 Å². The zero-order valence-corrected chi connectivity index (χ0v) is 20.6. The predicted octanol–water partition coefficient (Wildman–Crippen LogP) is 4.29. The maximum absolute atomic E-state index is 11.5. The molecule has 1 aromatic carbocycles. The highest BCUT2D eigenvalue weighted by molar-refractivity contribution is 7.90. The van der Waals surface area contributed by atoms with E-state index in [1.54, 1.807) is 19.9 Å². The first-order chi connectivity index (χ1) is 15.1. The summed E-state index contributed by atoms with van der Waals surface area (Å²) < 4.78 is 64.2. The van der Waals surface area contributed by atoms with Gasteiger partial charge in [-0.1, -0.05) is 6.08 Å². The zero-order chi connectivity index (χ0) is 24.8. The lowest BCUT2D eigenvalue weighted by molar-refractivity contribution is 0.482. The van der Waals surface area contributed by atoms with E-state index in [1.807, 2.05) is 26.8 Å². The van der Waals surface area contributed by atoms with Crippen LogP contribution >= 0.6 is 0 Å². The maximum Gasteiger partial charge on any atom is 0.294 e. The van der Waals surface area contributed by atoms with Crippen LogP contribution in [-0.4, -0.2) is 36.5 Å².